The second kappa shape index (κ2) is 11.3. The first-order valence-electron chi connectivity index (χ1n) is 10.7. The van der Waals surface area contributed by atoms with Crippen molar-refractivity contribution in [2.75, 3.05) is 20.3 Å². The van der Waals surface area contributed by atoms with E-state index in [1.54, 1.807) is 19.2 Å². The van der Waals surface area contributed by atoms with E-state index in [9.17, 15) is 9.90 Å². The van der Waals surface area contributed by atoms with Crippen molar-refractivity contribution < 1.29 is 14.6 Å². The summed E-state index contributed by atoms with van der Waals surface area (Å²) in [7, 11) is 1.56. The number of hydrogen-bond donors (Lipinski definition) is 3. The molecule has 0 radical (unpaired) electrons. The van der Waals surface area contributed by atoms with Crippen LogP contribution < -0.4 is 5.32 Å². The average Bonchev–Trinajstić information content (AvgIpc) is 3.59. The molecular formula is C24H30N4O3. The summed E-state index contributed by atoms with van der Waals surface area (Å²) in [5, 5.41) is 21.8. The van der Waals surface area contributed by atoms with Gasteiger partial charge in [0.2, 0.25) is 5.91 Å². The number of phenolic OH excluding ortho intramolecular Hbond substituents is 1. The molecule has 1 aromatic carbocycles. The van der Waals surface area contributed by atoms with Gasteiger partial charge in [0.15, 0.2) is 5.65 Å². The number of likely N-dealkylation sites (N-methyl/N-ethyl adjacent to an activating group) is 1. The van der Waals surface area contributed by atoms with Crippen molar-refractivity contribution >= 4 is 16.9 Å². The molecule has 0 atom stereocenters. The molecule has 1 saturated heterocycles. The number of phenols is 1. The zero-order valence-electron chi connectivity index (χ0n) is 17.9. The summed E-state index contributed by atoms with van der Waals surface area (Å²) in [6.07, 6.45) is 9.69. The van der Waals surface area contributed by atoms with E-state index in [4.69, 9.17) is 4.74 Å². The van der Waals surface area contributed by atoms with Gasteiger partial charge in [-0.3, -0.25) is 4.79 Å². The Morgan fingerprint density at radius 1 is 1.23 bits per heavy atom. The van der Waals surface area contributed by atoms with Gasteiger partial charge in [0.05, 0.1) is 5.69 Å². The minimum absolute atomic E-state index is 0.144. The largest absolute Gasteiger partial charge is 0.507 e. The number of H-pyrrole nitrogens is 1. The highest BCUT2D eigenvalue weighted by atomic mass is 16.5. The molecule has 5 rings (SSSR count). The Labute approximate surface area is 182 Å². The van der Waals surface area contributed by atoms with E-state index in [0.717, 1.165) is 29.8 Å². The van der Waals surface area contributed by atoms with Gasteiger partial charge in [-0.05, 0) is 67.9 Å². The first-order valence-corrected chi connectivity index (χ1v) is 10.7. The Morgan fingerprint density at radius 3 is 2.48 bits per heavy atom. The van der Waals surface area contributed by atoms with Crippen molar-refractivity contribution in [3.63, 3.8) is 0 Å². The number of amides is 1. The van der Waals surface area contributed by atoms with Gasteiger partial charge < -0.3 is 20.1 Å². The van der Waals surface area contributed by atoms with E-state index in [1.165, 1.54) is 43.7 Å². The molecule has 7 nitrogen and oxygen atoms in total. The molecule has 164 valence electrons. The number of benzene rings is 1. The van der Waals surface area contributed by atoms with E-state index in [-0.39, 0.29) is 11.7 Å². The van der Waals surface area contributed by atoms with Gasteiger partial charge in [-0.15, -0.1) is 10.2 Å². The van der Waals surface area contributed by atoms with Crippen LogP contribution in [0.5, 0.6) is 5.75 Å². The van der Waals surface area contributed by atoms with Crippen LogP contribution in [-0.4, -0.2) is 46.5 Å². The topological polar surface area (TPSA) is 100 Å². The molecule has 0 spiro atoms. The van der Waals surface area contributed by atoms with Gasteiger partial charge in [-0.2, -0.15) is 0 Å². The summed E-state index contributed by atoms with van der Waals surface area (Å²) in [6.45, 7) is 5.22. The van der Waals surface area contributed by atoms with Gasteiger partial charge in [0.1, 0.15) is 5.75 Å². The normalized spacial score (nSPS) is 15.1. The second-order valence-electron chi connectivity index (χ2n) is 7.52. The Hall–Kier alpha value is -3.19. The molecule has 3 heterocycles. The zero-order valence-corrected chi connectivity index (χ0v) is 17.9. The lowest BCUT2D eigenvalue weighted by Gasteiger charge is -2.08. The minimum Gasteiger partial charge on any atom is -0.507 e. The fraction of sp³-hybridized carbons (Fsp3) is 0.375. The van der Waals surface area contributed by atoms with E-state index < -0.39 is 0 Å². The molecular weight excluding hydrogens is 392 g/mol. The zero-order chi connectivity index (χ0) is 22.1. The molecule has 1 amide bonds. The SMILES string of the molecule is C1CCOCC1.C=CC(=O)NC.Oc1ccccc1-c1cc2c(C3CC3)c[nH]c2nn1. The maximum atomic E-state index is 9.95. The van der Waals surface area contributed by atoms with Crippen LogP contribution in [0, 0.1) is 0 Å². The Morgan fingerprint density at radius 2 is 1.97 bits per heavy atom. The molecule has 3 aromatic rings. The van der Waals surface area contributed by atoms with Crippen LogP contribution in [0.2, 0.25) is 0 Å². The second-order valence-corrected chi connectivity index (χ2v) is 7.52. The summed E-state index contributed by atoms with van der Waals surface area (Å²) in [4.78, 5) is 13.1. The molecule has 2 aromatic heterocycles. The molecule has 3 N–H and O–H groups in total. The number of fused-ring (bicyclic) bond motifs is 1. The first-order chi connectivity index (χ1) is 15.1. The van der Waals surface area contributed by atoms with Crippen LogP contribution in [0.1, 0.15) is 43.6 Å². The van der Waals surface area contributed by atoms with Gasteiger partial charge in [0, 0.05) is 37.4 Å². The van der Waals surface area contributed by atoms with Crippen molar-refractivity contribution in [3.05, 3.63) is 54.7 Å². The van der Waals surface area contributed by atoms with Crippen LogP contribution in [0.3, 0.4) is 0 Å². The Balaban J connectivity index is 0.000000188. The highest BCUT2D eigenvalue weighted by Gasteiger charge is 2.26. The first kappa shape index (κ1) is 22.5. The van der Waals surface area contributed by atoms with E-state index in [2.05, 4.69) is 27.1 Å². The third kappa shape index (κ3) is 6.39. The quantitative estimate of drug-likeness (QED) is 0.546. The average molecular weight is 423 g/mol. The summed E-state index contributed by atoms with van der Waals surface area (Å²) < 4.78 is 5.07. The number of aromatic amines is 1. The van der Waals surface area contributed by atoms with Gasteiger partial charge >= 0.3 is 0 Å². The van der Waals surface area contributed by atoms with E-state index >= 15 is 0 Å². The molecule has 1 aliphatic heterocycles. The predicted molar refractivity (Wildman–Crippen MR) is 122 cm³/mol. The van der Waals surface area contributed by atoms with Gasteiger partial charge in [-0.25, -0.2) is 0 Å². The van der Waals surface area contributed by atoms with E-state index in [1.807, 2.05) is 24.4 Å². The number of carbonyl (C=O) groups is 1. The molecule has 31 heavy (non-hydrogen) atoms. The molecule has 1 aliphatic carbocycles. The van der Waals surface area contributed by atoms with Gasteiger partial charge in [0.25, 0.3) is 0 Å². The van der Waals surface area contributed by atoms with Crippen LogP contribution in [0.25, 0.3) is 22.3 Å². The summed E-state index contributed by atoms with van der Waals surface area (Å²) in [5.74, 6) is 0.754. The van der Waals surface area contributed by atoms with Gasteiger partial charge in [-0.1, -0.05) is 18.7 Å². The fourth-order valence-electron chi connectivity index (χ4n) is 3.29. The third-order valence-corrected chi connectivity index (χ3v) is 5.18. The smallest absolute Gasteiger partial charge is 0.243 e. The van der Waals surface area contributed by atoms with Crippen LogP contribution >= 0.6 is 0 Å². The number of aromatic nitrogens is 3. The van der Waals surface area contributed by atoms with Crippen molar-refractivity contribution in [2.45, 2.75) is 38.0 Å². The van der Waals surface area contributed by atoms with E-state index in [0.29, 0.717) is 11.6 Å². The molecule has 2 aliphatic rings. The number of ether oxygens (including phenoxy) is 1. The lowest BCUT2D eigenvalue weighted by atomic mass is 10.1. The van der Waals surface area contributed by atoms with Crippen molar-refractivity contribution in [1.29, 1.82) is 0 Å². The minimum atomic E-state index is -0.144. The Bertz CT molecular complexity index is 995. The number of hydrogen-bond acceptors (Lipinski definition) is 5. The van der Waals surface area contributed by atoms with Crippen molar-refractivity contribution in [1.82, 2.24) is 20.5 Å². The standard InChI is InChI=1S/C15H13N3O.C5H10O.C4H7NO/c19-14-4-2-1-3-10(14)13-7-11-12(9-5-6-9)8-16-15(11)18-17-13;1-2-4-6-5-3-1;1-3-4(6)5-2/h1-4,7-9,19H,5-6H2,(H,16,18);1-5H2;3H,1H2,2H3,(H,5,6). The highest BCUT2D eigenvalue weighted by molar-refractivity contribution is 5.86. The highest BCUT2D eigenvalue weighted by Crippen LogP contribution is 2.43. The number of nitrogens with one attached hydrogen (secondary N) is 2. The fourth-order valence-corrected chi connectivity index (χ4v) is 3.29. The number of para-hydroxylation sites is 1. The maximum absolute atomic E-state index is 9.95. The monoisotopic (exact) mass is 422 g/mol. The number of aromatic hydroxyl groups is 1. The third-order valence-electron chi connectivity index (χ3n) is 5.18. The molecule has 1 saturated carbocycles. The summed E-state index contributed by atoms with van der Waals surface area (Å²) in [5.41, 5.74) is 3.58. The summed E-state index contributed by atoms with van der Waals surface area (Å²) in [6, 6.07) is 9.23. The maximum Gasteiger partial charge on any atom is 0.243 e. The molecule has 7 heteroatoms. The van der Waals surface area contributed by atoms with Crippen LogP contribution in [0.4, 0.5) is 0 Å². The van der Waals surface area contributed by atoms with Crippen molar-refractivity contribution in [3.8, 4) is 17.0 Å². The lowest BCUT2D eigenvalue weighted by molar-refractivity contribution is -0.116. The molecule has 0 bridgehead atoms. The van der Waals surface area contributed by atoms with Crippen LogP contribution in [-0.2, 0) is 9.53 Å². The molecule has 2 fully saturated rings. The van der Waals surface area contributed by atoms with Crippen LogP contribution in [0.15, 0.2) is 49.2 Å². The summed E-state index contributed by atoms with van der Waals surface area (Å²) >= 11 is 0. The lowest BCUT2D eigenvalue weighted by Crippen LogP contribution is -2.13. The number of nitrogens with zero attached hydrogens (tertiary/aromatic N) is 2. The predicted octanol–water partition coefficient (Wildman–Crippen LogP) is 4.31. The van der Waals surface area contributed by atoms with Crippen molar-refractivity contribution in [2.24, 2.45) is 0 Å². The Kier molecular flexibility index (Phi) is 8.18. The molecule has 0 unspecified atom stereocenters. The number of rotatable bonds is 3. The number of carbonyl (C=O) groups excluding carboxylic acids is 1.